The molecule has 2 N–H and O–H groups in total. The van der Waals surface area contributed by atoms with Gasteiger partial charge >= 0.3 is 0 Å². The zero-order chi connectivity index (χ0) is 22.7. The number of nitrogens with zero attached hydrogens (tertiary/aromatic N) is 2. The summed E-state index contributed by atoms with van der Waals surface area (Å²) in [5.41, 5.74) is 5.30. The summed E-state index contributed by atoms with van der Waals surface area (Å²) in [6.07, 6.45) is 3.47. The second-order valence-corrected chi connectivity index (χ2v) is 10.5. The van der Waals surface area contributed by atoms with Crippen molar-refractivity contribution in [3.8, 4) is 16.9 Å². The second kappa shape index (κ2) is 7.81. The maximum Gasteiger partial charge on any atom is 0.185 e. The quantitative estimate of drug-likeness (QED) is 0.398. The number of nitrogens with one attached hydrogen (secondary N) is 1. The molecule has 0 fully saturated rings. The Morgan fingerprint density at radius 3 is 3.03 bits per heavy atom. The van der Waals surface area contributed by atoms with Crippen molar-refractivity contribution in [3.05, 3.63) is 62.9 Å². The van der Waals surface area contributed by atoms with Crippen LogP contribution in [0.15, 0.2) is 35.0 Å². The first-order valence-corrected chi connectivity index (χ1v) is 12.4. The van der Waals surface area contributed by atoms with Crippen LogP contribution in [0, 0.1) is 0 Å². The first kappa shape index (κ1) is 21.1. The minimum Gasteiger partial charge on any atom is -0.478 e. The Balaban J connectivity index is 1.47. The van der Waals surface area contributed by atoms with Gasteiger partial charge in [0.2, 0.25) is 0 Å². The maximum atomic E-state index is 10.4. The van der Waals surface area contributed by atoms with Crippen LogP contribution in [0.4, 0.5) is 0 Å². The van der Waals surface area contributed by atoms with E-state index in [4.69, 9.17) is 20.9 Å². The van der Waals surface area contributed by atoms with Crippen molar-refractivity contribution in [2.75, 3.05) is 6.54 Å². The van der Waals surface area contributed by atoms with Gasteiger partial charge in [0.25, 0.3) is 0 Å². The molecule has 3 aromatic heterocycles. The summed E-state index contributed by atoms with van der Waals surface area (Å²) in [4.78, 5) is 5.45. The fraction of sp³-hybridized carbons (Fsp3) is 0.360. The van der Waals surface area contributed by atoms with Crippen LogP contribution in [-0.4, -0.2) is 21.8 Å². The third kappa shape index (κ3) is 3.37. The standard InChI is InChI=1S/C25H24ClN3O3S/c1-3-20(30)21-10-19-23(33-21)15(4-7-28-19)16-9-14(26)8-13-11-25(2,31-22(13)16)24-17-12-27-6-5-18(17)29-32-24/h4,7-10,20,27,30H,3,5-6,11-12H2,1-2H3/t20-,25-/m1/s1. The summed E-state index contributed by atoms with van der Waals surface area (Å²) in [6.45, 7) is 5.67. The first-order valence-electron chi connectivity index (χ1n) is 11.2. The Bertz CT molecular complexity index is 1380. The fourth-order valence-electron chi connectivity index (χ4n) is 4.94. The van der Waals surface area contributed by atoms with Crippen molar-refractivity contribution in [2.24, 2.45) is 0 Å². The number of aliphatic hydroxyl groups is 1. The zero-order valence-corrected chi connectivity index (χ0v) is 20.0. The summed E-state index contributed by atoms with van der Waals surface area (Å²) < 4.78 is 13.5. The number of pyridine rings is 1. The van der Waals surface area contributed by atoms with Crippen molar-refractivity contribution in [1.82, 2.24) is 15.5 Å². The number of hydrogen-bond acceptors (Lipinski definition) is 7. The molecule has 0 radical (unpaired) electrons. The van der Waals surface area contributed by atoms with Crippen LogP contribution < -0.4 is 10.1 Å². The van der Waals surface area contributed by atoms with E-state index in [9.17, 15) is 5.11 Å². The molecule has 6 rings (SSSR count). The molecule has 0 amide bonds. The molecule has 2 aliphatic heterocycles. The maximum absolute atomic E-state index is 10.4. The molecule has 2 aliphatic rings. The van der Waals surface area contributed by atoms with E-state index in [2.05, 4.69) is 22.4 Å². The van der Waals surface area contributed by atoms with Gasteiger partial charge in [-0.25, -0.2) is 0 Å². The van der Waals surface area contributed by atoms with Crippen molar-refractivity contribution >= 4 is 33.2 Å². The molecule has 170 valence electrons. The van der Waals surface area contributed by atoms with Gasteiger partial charge in [-0.15, -0.1) is 11.3 Å². The number of hydrogen-bond donors (Lipinski definition) is 2. The first-order chi connectivity index (χ1) is 16.0. The average Bonchev–Trinajstić information content (AvgIpc) is 3.52. The highest BCUT2D eigenvalue weighted by Gasteiger charge is 2.44. The summed E-state index contributed by atoms with van der Waals surface area (Å²) >= 11 is 8.16. The van der Waals surface area contributed by atoms with Crippen molar-refractivity contribution in [3.63, 3.8) is 0 Å². The Kier molecular flexibility index (Phi) is 4.99. The van der Waals surface area contributed by atoms with Gasteiger partial charge in [0.15, 0.2) is 11.4 Å². The normalized spacial score (nSPS) is 20.5. The van der Waals surface area contributed by atoms with E-state index in [-0.39, 0.29) is 0 Å². The van der Waals surface area contributed by atoms with Crippen LogP contribution in [-0.2, 0) is 25.0 Å². The SMILES string of the molecule is CC[C@@H](O)c1cc2nccc(-c3cc(Cl)cc4c3O[C@@](C)(c3onc5c3CNCC5)C4)c2s1. The third-order valence-electron chi connectivity index (χ3n) is 6.61. The van der Waals surface area contributed by atoms with Gasteiger partial charge in [0.05, 0.1) is 22.0 Å². The van der Waals surface area contributed by atoms with E-state index in [1.165, 1.54) is 0 Å². The van der Waals surface area contributed by atoms with Crippen LogP contribution in [0.25, 0.3) is 21.3 Å². The van der Waals surface area contributed by atoms with Gasteiger partial charge in [-0.05, 0) is 37.6 Å². The number of thiophene rings is 1. The van der Waals surface area contributed by atoms with Crippen molar-refractivity contribution in [1.29, 1.82) is 0 Å². The number of halogens is 1. The Morgan fingerprint density at radius 1 is 1.30 bits per heavy atom. The lowest BCUT2D eigenvalue weighted by molar-refractivity contribution is 0.0792. The number of fused-ring (bicyclic) bond motifs is 3. The summed E-state index contributed by atoms with van der Waals surface area (Å²) in [6, 6.07) is 7.90. The molecular weight excluding hydrogens is 458 g/mol. The topological polar surface area (TPSA) is 80.4 Å². The van der Waals surface area contributed by atoms with E-state index >= 15 is 0 Å². The third-order valence-corrected chi connectivity index (χ3v) is 8.09. The number of ether oxygens (including phenoxy) is 1. The fourth-order valence-corrected chi connectivity index (χ4v) is 6.40. The molecule has 33 heavy (non-hydrogen) atoms. The lowest BCUT2D eigenvalue weighted by Gasteiger charge is -2.24. The van der Waals surface area contributed by atoms with Crippen LogP contribution in [0.1, 0.15) is 53.8 Å². The predicted octanol–water partition coefficient (Wildman–Crippen LogP) is 5.54. The van der Waals surface area contributed by atoms with Crippen LogP contribution >= 0.6 is 22.9 Å². The van der Waals surface area contributed by atoms with Gasteiger partial charge in [-0.3, -0.25) is 4.98 Å². The molecule has 0 saturated heterocycles. The number of aromatic nitrogens is 2. The van der Waals surface area contributed by atoms with Crippen LogP contribution in [0.3, 0.4) is 0 Å². The van der Waals surface area contributed by atoms with E-state index in [0.717, 1.165) is 74.1 Å². The second-order valence-electron chi connectivity index (χ2n) is 8.96. The highest BCUT2D eigenvalue weighted by atomic mass is 35.5. The van der Waals surface area contributed by atoms with Crippen LogP contribution in [0.5, 0.6) is 5.75 Å². The molecular formula is C25H24ClN3O3S. The van der Waals surface area contributed by atoms with Crippen molar-refractivity contribution in [2.45, 2.75) is 51.4 Å². The minimum atomic E-state index is -0.660. The Labute approximate surface area is 200 Å². The molecule has 0 aliphatic carbocycles. The molecule has 0 spiro atoms. The molecule has 0 unspecified atom stereocenters. The van der Waals surface area contributed by atoms with E-state index in [1.807, 2.05) is 31.2 Å². The summed E-state index contributed by atoms with van der Waals surface area (Å²) in [7, 11) is 0. The Morgan fingerprint density at radius 2 is 2.18 bits per heavy atom. The zero-order valence-electron chi connectivity index (χ0n) is 18.4. The van der Waals surface area contributed by atoms with Gasteiger partial charge in [0, 0.05) is 64.3 Å². The number of rotatable bonds is 4. The Hall–Kier alpha value is -2.45. The smallest absolute Gasteiger partial charge is 0.185 e. The molecule has 2 atom stereocenters. The average molecular weight is 482 g/mol. The highest BCUT2D eigenvalue weighted by molar-refractivity contribution is 7.19. The molecule has 0 saturated carbocycles. The van der Waals surface area contributed by atoms with Gasteiger partial charge in [0.1, 0.15) is 5.75 Å². The lowest BCUT2D eigenvalue weighted by Crippen LogP contribution is -2.31. The predicted molar refractivity (Wildman–Crippen MR) is 129 cm³/mol. The molecule has 0 bridgehead atoms. The van der Waals surface area contributed by atoms with E-state index in [0.29, 0.717) is 17.9 Å². The molecule has 5 heterocycles. The van der Waals surface area contributed by atoms with Crippen LogP contribution in [0.2, 0.25) is 5.02 Å². The molecule has 4 aromatic rings. The molecule has 8 heteroatoms. The van der Waals surface area contributed by atoms with Gasteiger partial charge in [-0.2, -0.15) is 0 Å². The number of benzene rings is 1. The van der Waals surface area contributed by atoms with Gasteiger partial charge < -0.3 is 19.7 Å². The summed E-state index contributed by atoms with van der Waals surface area (Å²) in [5, 5.41) is 18.8. The highest BCUT2D eigenvalue weighted by Crippen LogP contribution is 2.50. The largest absolute Gasteiger partial charge is 0.478 e. The minimum absolute atomic E-state index is 0.493. The monoisotopic (exact) mass is 481 g/mol. The van der Waals surface area contributed by atoms with Crippen molar-refractivity contribution < 1.29 is 14.4 Å². The van der Waals surface area contributed by atoms with Gasteiger partial charge in [-0.1, -0.05) is 23.7 Å². The van der Waals surface area contributed by atoms with E-state index in [1.54, 1.807) is 17.5 Å². The lowest BCUT2D eigenvalue weighted by atomic mass is 9.91. The summed E-state index contributed by atoms with van der Waals surface area (Å²) in [5.74, 6) is 1.60. The number of aliphatic hydroxyl groups excluding tert-OH is 1. The molecule has 1 aromatic carbocycles. The van der Waals surface area contributed by atoms with E-state index < -0.39 is 11.7 Å². The molecule has 6 nitrogen and oxygen atoms in total.